The third-order valence-corrected chi connectivity index (χ3v) is 4.42. The molecule has 4 aromatic rings. The van der Waals surface area contributed by atoms with E-state index >= 15 is 0 Å². The van der Waals surface area contributed by atoms with Crippen molar-refractivity contribution in [2.24, 2.45) is 4.99 Å². The van der Waals surface area contributed by atoms with Crippen LogP contribution >= 0.6 is 22.9 Å². The van der Waals surface area contributed by atoms with Crippen LogP contribution in [0.25, 0.3) is 21.1 Å². The number of benzene rings is 2. The summed E-state index contributed by atoms with van der Waals surface area (Å²) in [6.45, 7) is 0. The van der Waals surface area contributed by atoms with Crippen molar-refractivity contribution in [2.75, 3.05) is 0 Å². The third-order valence-electron chi connectivity index (χ3n) is 3.27. The van der Waals surface area contributed by atoms with E-state index < -0.39 is 0 Å². The predicted molar refractivity (Wildman–Crippen MR) is 91.6 cm³/mol. The Balaban J connectivity index is 1.89. The zero-order valence-electron chi connectivity index (χ0n) is 11.4. The fraction of sp³-hybridized carbons (Fsp3) is 0. The summed E-state index contributed by atoms with van der Waals surface area (Å²) in [5.41, 5.74) is 1.81. The number of halogens is 1. The number of hydrogen-bond donors (Lipinski definition) is 0. The van der Waals surface area contributed by atoms with Crippen LogP contribution in [0.1, 0.15) is 0 Å². The smallest absolute Gasteiger partial charge is 0.211 e. The van der Waals surface area contributed by atoms with Crippen LogP contribution in [0.15, 0.2) is 65.8 Å². The average Bonchev–Trinajstić information content (AvgIpc) is 2.55. The van der Waals surface area contributed by atoms with E-state index in [0.717, 1.165) is 26.8 Å². The minimum atomic E-state index is 0.678. The minimum absolute atomic E-state index is 0.678. The van der Waals surface area contributed by atoms with Gasteiger partial charge >= 0.3 is 0 Å². The summed E-state index contributed by atoms with van der Waals surface area (Å²) in [6, 6.07) is 17.5. The van der Waals surface area contributed by atoms with Crippen molar-refractivity contribution in [3.05, 3.63) is 70.6 Å². The van der Waals surface area contributed by atoms with Crippen molar-refractivity contribution >= 4 is 49.7 Å². The molecule has 2 aromatic heterocycles. The second kappa shape index (κ2) is 5.48. The Bertz CT molecular complexity index is 1040. The fourth-order valence-electron chi connectivity index (χ4n) is 2.20. The highest BCUT2D eigenvalue weighted by Crippen LogP contribution is 2.20. The standard InChI is InChI=1S/C17H10ClN3S/c18-13-5-7-14(8-6-13)20-17-19-10-12-9-11-3-1-2-4-15(11)21-16(12)22-17/h1-10H. The zero-order chi connectivity index (χ0) is 14.9. The second-order valence-electron chi connectivity index (χ2n) is 4.81. The van der Waals surface area contributed by atoms with Gasteiger partial charge in [-0.3, -0.25) is 0 Å². The summed E-state index contributed by atoms with van der Waals surface area (Å²) in [5.74, 6) is 0. The average molecular weight is 324 g/mol. The quantitative estimate of drug-likeness (QED) is 0.475. The Morgan fingerprint density at radius 1 is 0.955 bits per heavy atom. The van der Waals surface area contributed by atoms with E-state index in [9.17, 15) is 0 Å². The molecule has 106 valence electrons. The number of aromatic nitrogens is 2. The fourth-order valence-corrected chi connectivity index (χ4v) is 3.13. The van der Waals surface area contributed by atoms with Crippen LogP contribution in [0.2, 0.25) is 5.02 Å². The molecule has 0 amide bonds. The summed E-state index contributed by atoms with van der Waals surface area (Å²) in [5, 5.41) is 2.84. The molecular weight excluding hydrogens is 314 g/mol. The van der Waals surface area contributed by atoms with Crippen molar-refractivity contribution in [1.29, 1.82) is 0 Å². The first kappa shape index (κ1) is 13.4. The molecule has 3 nitrogen and oxygen atoms in total. The molecular formula is C17H10ClN3S. The van der Waals surface area contributed by atoms with Crippen LogP contribution in [0.3, 0.4) is 0 Å². The van der Waals surface area contributed by atoms with Crippen molar-refractivity contribution in [2.45, 2.75) is 0 Å². The van der Waals surface area contributed by atoms with Gasteiger partial charge in [-0.1, -0.05) is 41.1 Å². The van der Waals surface area contributed by atoms with E-state index in [4.69, 9.17) is 16.6 Å². The summed E-state index contributed by atoms with van der Waals surface area (Å²) < 4.78 is 0. The Hall–Kier alpha value is -2.30. The van der Waals surface area contributed by atoms with Crippen molar-refractivity contribution in [3.8, 4) is 0 Å². The van der Waals surface area contributed by atoms with Gasteiger partial charge in [0.15, 0.2) is 0 Å². The van der Waals surface area contributed by atoms with Crippen molar-refractivity contribution in [1.82, 2.24) is 9.97 Å². The maximum atomic E-state index is 5.88. The second-order valence-corrected chi connectivity index (χ2v) is 6.20. The molecule has 0 atom stereocenters. The van der Waals surface area contributed by atoms with Gasteiger partial charge in [0.25, 0.3) is 0 Å². The molecule has 2 heterocycles. The molecule has 0 bridgehead atoms. The van der Waals surface area contributed by atoms with Crippen LogP contribution in [0.4, 0.5) is 5.69 Å². The summed E-state index contributed by atoms with van der Waals surface area (Å²) >= 11 is 7.36. The first-order valence-electron chi connectivity index (χ1n) is 6.74. The van der Waals surface area contributed by atoms with Gasteiger partial charge in [-0.25, -0.2) is 15.0 Å². The Morgan fingerprint density at radius 2 is 1.77 bits per heavy atom. The van der Waals surface area contributed by atoms with Crippen molar-refractivity contribution < 1.29 is 0 Å². The predicted octanol–water partition coefficient (Wildman–Crippen LogP) is 4.73. The van der Waals surface area contributed by atoms with Crippen LogP contribution in [0.5, 0.6) is 0 Å². The Kier molecular flexibility index (Phi) is 3.33. The third kappa shape index (κ3) is 2.58. The molecule has 22 heavy (non-hydrogen) atoms. The van der Waals surface area contributed by atoms with Gasteiger partial charge < -0.3 is 0 Å². The normalized spacial score (nSPS) is 12.1. The van der Waals surface area contributed by atoms with Gasteiger partial charge in [0.1, 0.15) is 4.83 Å². The SMILES string of the molecule is Clc1ccc(N=c2ncc3cc4ccccc4nc3s2)cc1. The molecule has 0 fully saturated rings. The molecule has 0 unspecified atom stereocenters. The highest BCUT2D eigenvalue weighted by molar-refractivity contribution is 7.15. The summed E-state index contributed by atoms with van der Waals surface area (Å²) in [4.78, 5) is 15.2. The lowest BCUT2D eigenvalue weighted by atomic mass is 10.2. The van der Waals surface area contributed by atoms with Gasteiger partial charge in [-0.2, -0.15) is 0 Å². The zero-order valence-corrected chi connectivity index (χ0v) is 13.0. The summed E-state index contributed by atoms with van der Waals surface area (Å²) in [7, 11) is 0. The van der Waals surface area contributed by atoms with Crippen LogP contribution in [-0.4, -0.2) is 9.97 Å². The lowest BCUT2D eigenvalue weighted by Crippen LogP contribution is -2.01. The number of rotatable bonds is 1. The molecule has 0 aliphatic carbocycles. The van der Waals surface area contributed by atoms with E-state index in [2.05, 4.69) is 22.1 Å². The molecule has 0 N–H and O–H groups in total. The highest BCUT2D eigenvalue weighted by Gasteiger charge is 2.01. The van der Waals surface area contributed by atoms with Gasteiger partial charge in [0.05, 0.1) is 11.2 Å². The molecule has 0 saturated carbocycles. The van der Waals surface area contributed by atoms with Gasteiger partial charge in [0, 0.05) is 22.0 Å². The topological polar surface area (TPSA) is 38.1 Å². The highest BCUT2D eigenvalue weighted by atomic mass is 35.5. The summed E-state index contributed by atoms with van der Waals surface area (Å²) in [6.07, 6.45) is 1.82. The first-order chi connectivity index (χ1) is 10.8. The number of fused-ring (bicyclic) bond motifs is 2. The van der Waals surface area contributed by atoms with Crippen LogP contribution in [0, 0.1) is 0 Å². The first-order valence-corrected chi connectivity index (χ1v) is 7.93. The van der Waals surface area contributed by atoms with E-state index in [1.807, 2.05) is 48.7 Å². The molecule has 0 aliphatic rings. The largest absolute Gasteiger partial charge is 0.237 e. The van der Waals surface area contributed by atoms with Crippen LogP contribution < -0.4 is 4.80 Å². The van der Waals surface area contributed by atoms with Crippen LogP contribution in [-0.2, 0) is 0 Å². The lowest BCUT2D eigenvalue weighted by Gasteiger charge is -2.00. The van der Waals surface area contributed by atoms with E-state index in [-0.39, 0.29) is 0 Å². The lowest BCUT2D eigenvalue weighted by molar-refractivity contribution is 1.22. The molecule has 0 saturated heterocycles. The molecule has 0 spiro atoms. The number of hydrogen-bond acceptors (Lipinski definition) is 4. The monoisotopic (exact) mass is 323 g/mol. The minimum Gasteiger partial charge on any atom is -0.237 e. The molecule has 5 heteroatoms. The maximum Gasteiger partial charge on any atom is 0.211 e. The number of nitrogens with zero attached hydrogens (tertiary/aromatic N) is 3. The molecule has 0 aliphatic heterocycles. The van der Waals surface area contributed by atoms with E-state index in [1.54, 1.807) is 0 Å². The number of para-hydroxylation sites is 1. The van der Waals surface area contributed by atoms with Crippen molar-refractivity contribution in [3.63, 3.8) is 0 Å². The van der Waals surface area contributed by atoms with Gasteiger partial charge in [0.2, 0.25) is 4.80 Å². The van der Waals surface area contributed by atoms with Gasteiger partial charge in [-0.15, -0.1) is 0 Å². The number of pyridine rings is 1. The Labute approximate surface area is 135 Å². The Morgan fingerprint density at radius 3 is 2.64 bits per heavy atom. The van der Waals surface area contributed by atoms with Gasteiger partial charge in [-0.05, 0) is 36.4 Å². The molecule has 0 radical (unpaired) electrons. The molecule has 2 aromatic carbocycles. The molecule has 4 rings (SSSR count). The van der Waals surface area contributed by atoms with E-state index in [1.165, 1.54) is 11.3 Å². The maximum absolute atomic E-state index is 5.88. The van der Waals surface area contributed by atoms with E-state index in [0.29, 0.717) is 9.82 Å².